The highest BCUT2D eigenvalue weighted by Gasteiger charge is 2.59. The first-order chi connectivity index (χ1) is 10.6. The highest BCUT2D eigenvalue weighted by molar-refractivity contribution is 5.26. The molecule has 0 aliphatic heterocycles. The molecule has 0 aromatic heterocycles. The van der Waals surface area contributed by atoms with Gasteiger partial charge < -0.3 is 5.11 Å². The Kier molecular flexibility index (Phi) is 3.43. The Balaban J connectivity index is 1.68. The largest absolute Gasteiger partial charge is 0.393 e. The molecule has 7 atom stereocenters. The van der Waals surface area contributed by atoms with Crippen LogP contribution in [0, 0.1) is 39.9 Å². The molecule has 1 heteroatoms. The number of allylic oxidation sites excluding steroid dienone is 2. The zero-order valence-electron chi connectivity index (χ0n) is 15.9. The van der Waals surface area contributed by atoms with Crippen LogP contribution in [0.3, 0.4) is 0 Å². The maximum Gasteiger partial charge on any atom is 0.0577 e. The molecule has 0 amide bonds. The topological polar surface area (TPSA) is 20.2 Å². The van der Waals surface area contributed by atoms with Gasteiger partial charge in [-0.25, -0.2) is 0 Å². The molecule has 0 spiro atoms. The average Bonchev–Trinajstić information content (AvgIpc) is 2.69. The van der Waals surface area contributed by atoms with E-state index in [9.17, 15) is 5.11 Å². The van der Waals surface area contributed by atoms with E-state index in [0.717, 1.165) is 30.6 Å². The van der Waals surface area contributed by atoms with Gasteiger partial charge in [-0.2, -0.15) is 0 Å². The molecule has 4 aliphatic rings. The Labute approximate surface area is 142 Å². The van der Waals surface area contributed by atoms with Gasteiger partial charge in [-0.15, -0.1) is 0 Å². The Morgan fingerprint density at radius 3 is 2.57 bits per heavy atom. The van der Waals surface area contributed by atoms with Crippen molar-refractivity contribution in [2.45, 2.75) is 85.7 Å². The predicted molar refractivity (Wildman–Crippen MR) is 96.0 cm³/mol. The van der Waals surface area contributed by atoms with Crippen LogP contribution in [-0.2, 0) is 0 Å². The van der Waals surface area contributed by atoms with Gasteiger partial charge in [0.05, 0.1) is 6.10 Å². The lowest BCUT2D eigenvalue weighted by Gasteiger charge is -2.58. The lowest BCUT2D eigenvalue weighted by molar-refractivity contribution is -0.0561. The van der Waals surface area contributed by atoms with Crippen LogP contribution in [0.25, 0.3) is 0 Å². The van der Waals surface area contributed by atoms with E-state index in [1.807, 2.05) is 0 Å². The third-order valence-electron chi connectivity index (χ3n) is 8.63. The van der Waals surface area contributed by atoms with Crippen LogP contribution in [0.2, 0.25) is 0 Å². The van der Waals surface area contributed by atoms with Gasteiger partial charge in [0.1, 0.15) is 0 Å². The minimum atomic E-state index is -0.0933. The van der Waals surface area contributed by atoms with Crippen molar-refractivity contribution in [3.05, 3.63) is 11.6 Å². The second-order valence-electron chi connectivity index (χ2n) is 11.0. The molecule has 0 aromatic rings. The monoisotopic (exact) mass is 316 g/mol. The molecule has 0 aromatic carbocycles. The van der Waals surface area contributed by atoms with Gasteiger partial charge in [0.25, 0.3) is 0 Å². The molecule has 4 aliphatic carbocycles. The van der Waals surface area contributed by atoms with E-state index >= 15 is 0 Å². The minimum absolute atomic E-state index is 0.0933. The normalized spacial score (nSPS) is 54.7. The summed E-state index contributed by atoms with van der Waals surface area (Å²) in [6.07, 6.45) is 11.6. The molecule has 0 heterocycles. The summed E-state index contributed by atoms with van der Waals surface area (Å²) in [5, 5.41) is 10.6. The SMILES string of the molecule is CC1CC2=CC[C@@H]3[C@@H](CC[C@]4(C)CC(C)(C)C[C@@H]34)[C@@]2(C)CC1O. The summed E-state index contributed by atoms with van der Waals surface area (Å²) < 4.78 is 0. The van der Waals surface area contributed by atoms with Gasteiger partial charge in [0.2, 0.25) is 0 Å². The zero-order valence-corrected chi connectivity index (χ0v) is 15.9. The third kappa shape index (κ3) is 2.29. The summed E-state index contributed by atoms with van der Waals surface area (Å²) in [4.78, 5) is 0. The second kappa shape index (κ2) is 4.87. The number of hydrogen-bond donors (Lipinski definition) is 1. The number of aliphatic hydroxyl groups is 1. The fourth-order valence-corrected chi connectivity index (χ4v) is 7.65. The predicted octanol–water partition coefficient (Wildman–Crippen LogP) is 5.58. The van der Waals surface area contributed by atoms with Crippen molar-refractivity contribution in [2.75, 3.05) is 0 Å². The standard InChI is InChI=1S/C22H36O/c1-14-10-15-6-7-16-17(22(15,5)12-19(14)23)8-9-21(4)13-20(2,3)11-18(16)21/h6,14,16-19,23H,7-13H2,1-5H3/t14?,16-,17-,18+,19?,21-,22+/m1/s1. The number of rotatable bonds is 0. The summed E-state index contributed by atoms with van der Waals surface area (Å²) in [5.74, 6) is 3.04. The highest BCUT2D eigenvalue weighted by atomic mass is 16.3. The lowest BCUT2D eigenvalue weighted by atomic mass is 9.47. The van der Waals surface area contributed by atoms with Crippen molar-refractivity contribution in [3.63, 3.8) is 0 Å². The maximum atomic E-state index is 10.6. The highest BCUT2D eigenvalue weighted by Crippen LogP contribution is 2.67. The molecule has 3 saturated carbocycles. The minimum Gasteiger partial charge on any atom is -0.393 e. The van der Waals surface area contributed by atoms with Crippen molar-refractivity contribution < 1.29 is 5.11 Å². The van der Waals surface area contributed by atoms with Crippen molar-refractivity contribution in [1.29, 1.82) is 0 Å². The van der Waals surface area contributed by atoms with Crippen LogP contribution in [-0.4, -0.2) is 11.2 Å². The molecule has 1 nitrogen and oxygen atoms in total. The molecular weight excluding hydrogens is 280 g/mol. The molecular formula is C22H36O. The molecule has 3 fully saturated rings. The first kappa shape index (κ1) is 16.2. The summed E-state index contributed by atoms with van der Waals surface area (Å²) in [6.45, 7) is 12.3. The quantitative estimate of drug-likeness (QED) is 0.578. The van der Waals surface area contributed by atoms with E-state index in [4.69, 9.17) is 0 Å². The fraction of sp³-hybridized carbons (Fsp3) is 0.909. The molecule has 0 radical (unpaired) electrons. The fourth-order valence-electron chi connectivity index (χ4n) is 7.65. The summed E-state index contributed by atoms with van der Waals surface area (Å²) in [5.41, 5.74) is 3.08. The maximum absolute atomic E-state index is 10.6. The Hall–Kier alpha value is -0.300. The summed E-state index contributed by atoms with van der Waals surface area (Å²) in [7, 11) is 0. The van der Waals surface area contributed by atoms with Gasteiger partial charge in [-0.3, -0.25) is 0 Å². The summed E-state index contributed by atoms with van der Waals surface area (Å²) in [6, 6.07) is 0. The number of fused-ring (bicyclic) bond motifs is 5. The van der Waals surface area contributed by atoms with Gasteiger partial charge in [0.15, 0.2) is 0 Å². The van der Waals surface area contributed by atoms with Crippen LogP contribution in [0.15, 0.2) is 11.6 Å². The molecule has 4 rings (SSSR count). The van der Waals surface area contributed by atoms with E-state index < -0.39 is 0 Å². The van der Waals surface area contributed by atoms with Crippen molar-refractivity contribution in [3.8, 4) is 0 Å². The first-order valence-electron chi connectivity index (χ1n) is 10.0. The lowest BCUT2D eigenvalue weighted by Crippen LogP contribution is -2.51. The molecule has 2 unspecified atom stereocenters. The Bertz CT molecular complexity index is 532. The second-order valence-corrected chi connectivity index (χ2v) is 11.0. The van der Waals surface area contributed by atoms with Gasteiger partial charge in [-0.05, 0) is 84.9 Å². The van der Waals surface area contributed by atoms with Crippen molar-refractivity contribution >= 4 is 0 Å². The smallest absolute Gasteiger partial charge is 0.0577 e. The van der Waals surface area contributed by atoms with Crippen LogP contribution >= 0.6 is 0 Å². The summed E-state index contributed by atoms with van der Waals surface area (Å²) >= 11 is 0. The van der Waals surface area contributed by atoms with Gasteiger partial charge >= 0.3 is 0 Å². The Morgan fingerprint density at radius 2 is 1.83 bits per heavy atom. The van der Waals surface area contributed by atoms with Crippen LogP contribution in [0.4, 0.5) is 0 Å². The van der Waals surface area contributed by atoms with E-state index in [1.165, 1.54) is 32.1 Å². The van der Waals surface area contributed by atoms with Gasteiger partial charge in [0, 0.05) is 0 Å². The van der Waals surface area contributed by atoms with Crippen molar-refractivity contribution in [1.82, 2.24) is 0 Å². The first-order valence-corrected chi connectivity index (χ1v) is 10.0. The molecule has 1 N–H and O–H groups in total. The third-order valence-corrected chi connectivity index (χ3v) is 8.63. The van der Waals surface area contributed by atoms with E-state index in [1.54, 1.807) is 5.57 Å². The van der Waals surface area contributed by atoms with Crippen LogP contribution in [0.5, 0.6) is 0 Å². The molecule has 23 heavy (non-hydrogen) atoms. The average molecular weight is 317 g/mol. The molecule has 0 bridgehead atoms. The van der Waals surface area contributed by atoms with Crippen LogP contribution in [0.1, 0.15) is 79.6 Å². The van der Waals surface area contributed by atoms with Gasteiger partial charge in [-0.1, -0.05) is 46.3 Å². The Morgan fingerprint density at radius 1 is 1.09 bits per heavy atom. The number of aliphatic hydroxyl groups excluding tert-OH is 1. The number of hydrogen-bond acceptors (Lipinski definition) is 1. The zero-order chi connectivity index (χ0) is 16.6. The van der Waals surface area contributed by atoms with E-state index in [0.29, 0.717) is 16.7 Å². The van der Waals surface area contributed by atoms with E-state index in [-0.39, 0.29) is 11.5 Å². The van der Waals surface area contributed by atoms with Crippen molar-refractivity contribution in [2.24, 2.45) is 39.9 Å². The van der Waals surface area contributed by atoms with E-state index in [2.05, 4.69) is 40.7 Å². The van der Waals surface area contributed by atoms with Crippen LogP contribution < -0.4 is 0 Å². The molecule has 130 valence electrons. The molecule has 0 saturated heterocycles.